The Morgan fingerprint density at radius 1 is 0.935 bits per heavy atom. The van der Waals surface area contributed by atoms with Crippen LogP contribution in [0.1, 0.15) is 31.8 Å². The van der Waals surface area contributed by atoms with Crippen molar-refractivity contribution in [3.05, 3.63) is 60.5 Å². The minimum Gasteiger partial charge on any atom is -0.454 e. The predicted molar refractivity (Wildman–Crippen MR) is 117 cm³/mol. The lowest BCUT2D eigenvalue weighted by Crippen LogP contribution is -2.36. The summed E-state index contributed by atoms with van der Waals surface area (Å²) in [5.74, 6) is -3.30. The van der Waals surface area contributed by atoms with Gasteiger partial charge in [-0.05, 0) is 25.5 Å². The fourth-order valence-electron chi connectivity index (χ4n) is 3.00. The maximum absolute atomic E-state index is 12.6. The fraction of sp³-hybridized carbons (Fsp3) is 0.200. The molecule has 0 spiro atoms. The predicted octanol–water partition coefficient (Wildman–Crippen LogP) is 4.69. The van der Waals surface area contributed by atoms with Crippen molar-refractivity contribution in [3.63, 3.8) is 0 Å². The zero-order chi connectivity index (χ0) is 23.0. The molecule has 1 N–H and O–H groups in total. The number of fused-ring (bicyclic) bond motifs is 1. The number of imide groups is 1. The van der Waals surface area contributed by atoms with Gasteiger partial charge in [-0.2, -0.15) is 0 Å². The second kappa shape index (κ2) is 9.04. The van der Waals surface area contributed by atoms with E-state index in [9.17, 15) is 19.2 Å². The van der Waals surface area contributed by atoms with Crippen LogP contribution in [0.4, 0.5) is 5.69 Å². The minimum atomic E-state index is -0.977. The Morgan fingerprint density at radius 3 is 2.00 bits per heavy atom. The first kappa shape index (κ1) is 23.3. The summed E-state index contributed by atoms with van der Waals surface area (Å²) < 4.78 is 4.89. The third kappa shape index (κ3) is 4.50. The molecule has 3 amide bonds. The summed E-state index contributed by atoms with van der Waals surface area (Å²) in [7, 11) is 0. The van der Waals surface area contributed by atoms with Gasteiger partial charge in [-0.1, -0.05) is 64.1 Å². The van der Waals surface area contributed by atoms with Crippen LogP contribution in [0.5, 0.6) is 0 Å². The van der Waals surface area contributed by atoms with Crippen LogP contribution in [0.2, 0.25) is 20.1 Å². The Balaban J connectivity index is 1.65. The first-order valence-electron chi connectivity index (χ1n) is 8.77. The van der Waals surface area contributed by atoms with Crippen LogP contribution < -0.4 is 5.32 Å². The summed E-state index contributed by atoms with van der Waals surface area (Å²) in [4.78, 5) is 50.0. The summed E-state index contributed by atoms with van der Waals surface area (Å²) in [6.45, 7) is 2.40. The number of carbonyl (C=O) groups excluding carboxylic acids is 4. The molecule has 31 heavy (non-hydrogen) atoms. The van der Waals surface area contributed by atoms with E-state index in [2.05, 4.69) is 5.32 Å². The smallest absolute Gasteiger partial charge is 0.326 e. The van der Waals surface area contributed by atoms with Crippen LogP contribution in [0, 0.1) is 13.8 Å². The van der Waals surface area contributed by atoms with Gasteiger partial charge in [0.1, 0.15) is 6.54 Å². The standard InChI is InChI=1S/C20H14Cl4N2O5/c1-8-3-4-10(9(2)5-8)25-11(27)7-31-12(28)6-26-19(29)13-14(20(26)30)16(22)18(24)17(23)15(13)21/h3-5H,6-7H2,1-2H3,(H,25,27). The highest BCUT2D eigenvalue weighted by Crippen LogP contribution is 2.44. The van der Waals surface area contributed by atoms with Crippen molar-refractivity contribution in [2.75, 3.05) is 18.5 Å². The number of aryl methyl sites for hydroxylation is 2. The molecule has 0 fully saturated rings. The zero-order valence-electron chi connectivity index (χ0n) is 16.1. The molecule has 162 valence electrons. The monoisotopic (exact) mass is 502 g/mol. The lowest BCUT2D eigenvalue weighted by Gasteiger charge is -2.13. The highest BCUT2D eigenvalue weighted by Gasteiger charge is 2.42. The number of hydrogen-bond acceptors (Lipinski definition) is 5. The van der Waals surface area contributed by atoms with Gasteiger partial charge in [0.05, 0.1) is 31.2 Å². The number of carbonyl (C=O) groups is 4. The van der Waals surface area contributed by atoms with Gasteiger partial charge >= 0.3 is 5.97 Å². The van der Waals surface area contributed by atoms with Gasteiger partial charge < -0.3 is 10.1 Å². The average molecular weight is 504 g/mol. The van der Waals surface area contributed by atoms with Crippen molar-refractivity contribution in [3.8, 4) is 0 Å². The first-order valence-corrected chi connectivity index (χ1v) is 10.3. The molecule has 0 radical (unpaired) electrons. The molecular formula is C20H14Cl4N2O5. The summed E-state index contributed by atoms with van der Waals surface area (Å²) >= 11 is 23.9. The number of hydrogen-bond donors (Lipinski definition) is 1. The van der Waals surface area contributed by atoms with Crippen LogP contribution in [0.15, 0.2) is 18.2 Å². The highest BCUT2D eigenvalue weighted by atomic mass is 35.5. The maximum Gasteiger partial charge on any atom is 0.326 e. The number of benzene rings is 2. The molecule has 7 nitrogen and oxygen atoms in total. The maximum atomic E-state index is 12.6. The van der Waals surface area contributed by atoms with Gasteiger partial charge in [0.25, 0.3) is 17.7 Å². The molecule has 0 saturated heterocycles. The number of rotatable bonds is 5. The largest absolute Gasteiger partial charge is 0.454 e. The molecule has 1 aliphatic heterocycles. The van der Waals surface area contributed by atoms with Crippen LogP contribution in [0.25, 0.3) is 0 Å². The Kier molecular flexibility index (Phi) is 6.81. The quantitative estimate of drug-likeness (QED) is 0.276. The number of nitrogens with zero attached hydrogens (tertiary/aromatic N) is 1. The molecule has 1 heterocycles. The van der Waals surface area contributed by atoms with Gasteiger partial charge in [0, 0.05) is 5.69 Å². The van der Waals surface area contributed by atoms with Gasteiger partial charge in [0.15, 0.2) is 6.61 Å². The van der Waals surface area contributed by atoms with E-state index in [1.165, 1.54) is 0 Å². The van der Waals surface area contributed by atoms with E-state index in [4.69, 9.17) is 51.1 Å². The first-order chi connectivity index (χ1) is 14.5. The van der Waals surface area contributed by atoms with Crippen molar-refractivity contribution < 1.29 is 23.9 Å². The van der Waals surface area contributed by atoms with Gasteiger partial charge in [-0.25, -0.2) is 0 Å². The number of ether oxygens (including phenoxy) is 1. The van der Waals surface area contributed by atoms with E-state index in [1.807, 2.05) is 26.0 Å². The molecule has 3 rings (SSSR count). The zero-order valence-corrected chi connectivity index (χ0v) is 19.2. The minimum absolute atomic E-state index is 0.180. The molecule has 11 heteroatoms. The van der Waals surface area contributed by atoms with Gasteiger partial charge in [0.2, 0.25) is 0 Å². The SMILES string of the molecule is Cc1ccc(NC(=O)COC(=O)CN2C(=O)c3c(Cl)c(Cl)c(Cl)c(Cl)c3C2=O)c(C)c1. The van der Waals surface area contributed by atoms with Crippen LogP contribution >= 0.6 is 46.4 Å². The topological polar surface area (TPSA) is 92.8 Å². The lowest BCUT2D eigenvalue weighted by molar-refractivity contribution is -0.147. The average Bonchev–Trinajstić information content (AvgIpc) is 2.96. The van der Waals surface area contributed by atoms with Gasteiger partial charge in [-0.15, -0.1) is 0 Å². The summed E-state index contributed by atoms with van der Waals surface area (Å²) in [6, 6.07) is 5.44. The molecule has 0 saturated carbocycles. The Hall–Kier alpha value is -2.32. The number of halogens is 4. The van der Waals surface area contributed by atoms with Crippen molar-refractivity contribution in [2.24, 2.45) is 0 Å². The van der Waals surface area contributed by atoms with E-state index >= 15 is 0 Å². The van der Waals surface area contributed by atoms with Crippen LogP contribution in [-0.4, -0.2) is 41.7 Å². The lowest BCUT2D eigenvalue weighted by atomic mass is 10.1. The number of nitrogens with one attached hydrogen (secondary N) is 1. The van der Waals surface area contributed by atoms with Crippen molar-refractivity contribution >= 4 is 75.8 Å². The highest BCUT2D eigenvalue weighted by molar-refractivity contribution is 6.55. The van der Waals surface area contributed by atoms with Crippen molar-refractivity contribution in [2.45, 2.75) is 13.8 Å². The molecule has 2 aromatic rings. The van der Waals surface area contributed by atoms with Crippen molar-refractivity contribution in [1.29, 1.82) is 0 Å². The van der Waals surface area contributed by atoms with E-state index in [0.717, 1.165) is 11.1 Å². The second-order valence-electron chi connectivity index (χ2n) is 6.73. The van der Waals surface area contributed by atoms with Crippen LogP contribution in [0.3, 0.4) is 0 Å². The Bertz CT molecular complexity index is 1100. The molecule has 1 aliphatic rings. The summed E-state index contributed by atoms with van der Waals surface area (Å²) in [6.07, 6.45) is 0. The molecule has 0 bridgehead atoms. The van der Waals surface area contributed by atoms with E-state index < -0.39 is 36.8 Å². The third-order valence-corrected chi connectivity index (χ3v) is 6.29. The van der Waals surface area contributed by atoms with Crippen LogP contribution in [-0.2, 0) is 14.3 Å². The van der Waals surface area contributed by atoms with E-state index in [0.29, 0.717) is 10.6 Å². The third-order valence-electron chi connectivity index (χ3n) is 4.49. The molecule has 0 unspecified atom stereocenters. The summed E-state index contributed by atoms with van der Waals surface area (Å²) in [5.41, 5.74) is 1.96. The van der Waals surface area contributed by atoms with E-state index in [1.54, 1.807) is 6.07 Å². The molecule has 0 aliphatic carbocycles. The normalized spacial score (nSPS) is 12.8. The summed E-state index contributed by atoms with van der Waals surface area (Å²) in [5, 5.41) is 1.77. The number of amides is 3. The number of anilines is 1. The molecular weight excluding hydrogens is 490 g/mol. The van der Waals surface area contributed by atoms with E-state index in [-0.39, 0.29) is 31.2 Å². The second-order valence-corrected chi connectivity index (χ2v) is 8.24. The molecule has 0 atom stereocenters. The molecule has 2 aromatic carbocycles. The Morgan fingerprint density at radius 2 is 1.48 bits per heavy atom. The fourth-order valence-corrected chi connectivity index (χ4v) is 4.01. The molecule has 0 aromatic heterocycles. The van der Waals surface area contributed by atoms with Crippen molar-refractivity contribution in [1.82, 2.24) is 4.90 Å². The number of esters is 1. The Labute approximate surface area is 197 Å². The van der Waals surface area contributed by atoms with Gasteiger partial charge in [-0.3, -0.25) is 24.1 Å².